The molecule has 0 saturated carbocycles. The van der Waals surface area contributed by atoms with Crippen LogP contribution >= 0.6 is 11.8 Å². The maximum atomic E-state index is 10.1. The van der Waals surface area contributed by atoms with E-state index in [4.69, 9.17) is 9.47 Å². The van der Waals surface area contributed by atoms with Crippen molar-refractivity contribution >= 4 is 11.8 Å². The minimum atomic E-state index is -0.477. The number of phenols is 1. The van der Waals surface area contributed by atoms with Crippen LogP contribution < -0.4 is 4.74 Å². The first-order valence-corrected chi connectivity index (χ1v) is 13.0. The monoisotopic (exact) mass is 479 g/mol. The number of hydrogen-bond acceptors (Lipinski definition) is 6. The molecule has 5 nitrogen and oxygen atoms in total. The van der Waals surface area contributed by atoms with Gasteiger partial charge in [0.15, 0.2) is 0 Å². The van der Waals surface area contributed by atoms with Crippen molar-refractivity contribution in [2.24, 2.45) is 0 Å². The molecular weight excluding hydrogens is 446 g/mol. The van der Waals surface area contributed by atoms with Gasteiger partial charge in [0.2, 0.25) is 0 Å². The van der Waals surface area contributed by atoms with Crippen LogP contribution in [0.4, 0.5) is 0 Å². The van der Waals surface area contributed by atoms with E-state index >= 15 is 0 Å². The number of hydrogen-bond donors (Lipinski definition) is 2. The third kappa shape index (κ3) is 4.85. The molecule has 0 amide bonds. The van der Waals surface area contributed by atoms with Crippen molar-refractivity contribution in [1.82, 2.24) is 4.90 Å². The molecule has 4 atom stereocenters. The first-order valence-electron chi connectivity index (χ1n) is 12.1. The number of aliphatic hydroxyl groups is 1. The van der Waals surface area contributed by atoms with Crippen LogP contribution in [0.3, 0.4) is 0 Å². The first-order chi connectivity index (χ1) is 16.4. The number of allylic oxidation sites excluding steroid dienone is 1. The zero-order valence-electron chi connectivity index (χ0n) is 19.8. The normalized spacial score (nSPS) is 28.1. The third-order valence-corrected chi connectivity index (χ3v) is 8.68. The number of benzene rings is 2. The van der Waals surface area contributed by atoms with Crippen molar-refractivity contribution in [2.45, 2.75) is 56.1 Å². The van der Waals surface area contributed by atoms with Crippen LogP contribution in [-0.2, 0) is 4.74 Å². The lowest BCUT2D eigenvalue weighted by Crippen LogP contribution is -2.38. The standard InChI is InChI=1S/C28H33NO4S/c1-19(29-15-3-4-16-29)18-32-24-11-7-20(8-12-24)26-27(21-5-9-22(30)10-6-21)34-25-17-23(31)13-14-28(25,2)33-26/h5-13,17,19,26-27,30-31H,3-4,14-16,18H2,1-2H3/t19-,26-,27+,28?/m0/s1. The second-order valence-corrected chi connectivity index (χ2v) is 10.9. The summed E-state index contributed by atoms with van der Waals surface area (Å²) in [6.07, 6.45) is 6.66. The molecule has 2 heterocycles. The molecule has 3 aliphatic rings. The molecule has 0 aromatic heterocycles. The van der Waals surface area contributed by atoms with Crippen LogP contribution in [0.25, 0.3) is 0 Å². The van der Waals surface area contributed by atoms with Crippen molar-refractivity contribution in [1.29, 1.82) is 0 Å². The molecule has 5 rings (SSSR count). The Kier molecular flexibility index (Phi) is 6.65. The molecular formula is C28H33NO4S. The highest BCUT2D eigenvalue weighted by molar-refractivity contribution is 8.03. The fraction of sp³-hybridized carbons (Fsp3) is 0.429. The Morgan fingerprint density at radius 3 is 2.44 bits per heavy atom. The molecule has 0 radical (unpaired) electrons. The van der Waals surface area contributed by atoms with E-state index in [2.05, 4.69) is 30.9 Å². The van der Waals surface area contributed by atoms with Gasteiger partial charge in [0.25, 0.3) is 0 Å². The molecule has 1 unspecified atom stereocenters. The lowest BCUT2D eigenvalue weighted by molar-refractivity contribution is -0.0635. The van der Waals surface area contributed by atoms with Gasteiger partial charge < -0.3 is 19.7 Å². The van der Waals surface area contributed by atoms with E-state index in [9.17, 15) is 10.2 Å². The lowest BCUT2D eigenvalue weighted by atomic mass is 9.93. The van der Waals surface area contributed by atoms with E-state index in [1.165, 1.54) is 25.9 Å². The Morgan fingerprint density at radius 1 is 1.06 bits per heavy atom. The van der Waals surface area contributed by atoms with Crippen LogP contribution in [0.1, 0.15) is 55.6 Å². The summed E-state index contributed by atoms with van der Waals surface area (Å²) in [5, 5.41) is 19.9. The Labute approximate surface area is 206 Å². The second kappa shape index (κ2) is 9.68. The van der Waals surface area contributed by atoms with E-state index in [0.29, 0.717) is 19.1 Å². The summed E-state index contributed by atoms with van der Waals surface area (Å²) in [5.74, 6) is 1.40. The van der Waals surface area contributed by atoms with E-state index in [-0.39, 0.29) is 22.9 Å². The van der Waals surface area contributed by atoms with Gasteiger partial charge in [-0.2, -0.15) is 0 Å². The fourth-order valence-electron chi connectivity index (χ4n) is 4.96. The maximum absolute atomic E-state index is 10.1. The van der Waals surface area contributed by atoms with Crippen molar-refractivity contribution in [3.63, 3.8) is 0 Å². The Hall–Kier alpha value is -2.41. The zero-order valence-corrected chi connectivity index (χ0v) is 20.6. The summed E-state index contributed by atoms with van der Waals surface area (Å²) in [6.45, 7) is 7.35. The number of thioether (sulfide) groups is 1. The molecule has 2 aliphatic heterocycles. The van der Waals surface area contributed by atoms with Gasteiger partial charge in [-0.3, -0.25) is 4.90 Å². The predicted octanol–water partition coefficient (Wildman–Crippen LogP) is 6.29. The van der Waals surface area contributed by atoms with Gasteiger partial charge in [-0.05, 0) is 87.3 Å². The number of aromatic hydroxyl groups is 1. The van der Waals surface area contributed by atoms with Crippen molar-refractivity contribution in [3.05, 3.63) is 82.5 Å². The van der Waals surface area contributed by atoms with Gasteiger partial charge in [-0.15, -0.1) is 11.8 Å². The van der Waals surface area contributed by atoms with Crippen molar-refractivity contribution in [2.75, 3.05) is 19.7 Å². The molecule has 2 fully saturated rings. The Morgan fingerprint density at radius 2 is 1.74 bits per heavy atom. The van der Waals surface area contributed by atoms with Gasteiger partial charge >= 0.3 is 0 Å². The minimum absolute atomic E-state index is 0.00668. The SMILES string of the molecule is C[C@@H](COc1ccc([C@@H]2OC3(C)CC=C(O)C=C3S[C@@H]2c2ccc(O)cc2)cc1)N1CCCC1. The highest BCUT2D eigenvalue weighted by Crippen LogP contribution is 2.57. The lowest BCUT2D eigenvalue weighted by Gasteiger charge is -2.45. The average molecular weight is 480 g/mol. The zero-order chi connectivity index (χ0) is 23.7. The van der Waals surface area contributed by atoms with E-state index in [1.807, 2.05) is 36.4 Å². The van der Waals surface area contributed by atoms with Crippen LogP contribution in [-0.4, -0.2) is 46.5 Å². The van der Waals surface area contributed by atoms with Crippen molar-refractivity contribution in [3.8, 4) is 11.5 Å². The Balaban J connectivity index is 1.36. The largest absolute Gasteiger partial charge is 0.508 e. The summed E-state index contributed by atoms with van der Waals surface area (Å²) in [4.78, 5) is 3.52. The topological polar surface area (TPSA) is 62.2 Å². The van der Waals surface area contributed by atoms with Gasteiger partial charge in [-0.25, -0.2) is 0 Å². The molecule has 6 heteroatoms. The van der Waals surface area contributed by atoms with Crippen LogP contribution in [0.15, 0.2) is 71.3 Å². The summed E-state index contributed by atoms with van der Waals surface area (Å²) in [6, 6.07) is 16.0. The van der Waals surface area contributed by atoms with Gasteiger partial charge in [0.1, 0.15) is 29.5 Å². The smallest absolute Gasteiger partial charge is 0.119 e. The summed E-state index contributed by atoms with van der Waals surface area (Å²) < 4.78 is 12.9. The summed E-state index contributed by atoms with van der Waals surface area (Å²) in [5.41, 5.74) is 1.68. The second-order valence-electron chi connectivity index (χ2n) is 9.71. The van der Waals surface area contributed by atoms with Gasteiger partial charge in [-0.1, -0.05) is 24.3 Å². The number of aliphatic hydroxyl groups excluding tert-OH is 1. The van der Waals surface area contributed by atoms with Gasteiger partial charge in [0.05, 0.1) is 11.4 Å². The molecule has 2 aromatic carbocycles. The van der Waals surface area contributed by atoms with Gasteiger partial charge in [0, 0.05) is 17.4 Å². The number of nitrogens with zero attached hydrogens (tertiary/aromatic N) is 1. The molecule has 2 aromatic rings. The molecule has 1 aliphatic carbocycles. The van der Waals surface area contributed by atoms with E-state index < -0.39 is 5.60 Å². The molecule has 180 valence electrons. The average Bonchev–Trinajstić information content (AvgIpc) is 3.38. The number of fused-ring (bicyclic) bond motifs is 1. The number of phenolic OH excluding ortho intramolecular Hbond substituents is 1. The summed E-state index contributed by atoms with van der Waals surface area (Å²) in [7, 11) is 0. The molecule has 0 spiro atoms. The molecule has 34 heavy (non-hydrogen) atoms. The highest BCUT2D eigenvalue weighted by atomic mass is 32.2. The maximum Gasteiger partial charge on any atom is 0.119 e. The number of likely N-dealkylation sites (tertiary alicyclic amines) is 1. The number of rotatable bonds is 6. The van der Waals surface area contributed by atoms with Crippen molar-refractivity contribution < 1.29 is 19.7 Å². The number of ether oxygens (including phenoxy) is 2. The first kappa shape index (κ1) is 23.3. The highest BCUT2D eigenvalue weighted by Gasteiger charge is 2.45. The predicted molar refractivity (Wildman–Crippen MR) is 136 cm³/mol. The summed E-state index contributed by atoms with van der Waals surface area (Å²) >= 11 is 1.73. The molecule has 2 saturated heterocycles. The minimum Gasteiger partial charge on any atom is -0.508 e. The quantitative estimate of drug-likeness (QED) is 0.508. The van der Waals surface area contributed by atoms with E-state index in [1.54, 1.807) is 23.9 Å². The molecule has 0 bridgehead atoms. The van der Waals surface area contributed by atoms with Crippen LogP contribution in [0.2, 0.25) is 0 Å². The Bertz CT molecular complexity index is 1060. The van der Waals surface area contributed by atoms with E-state index in [0.717, 1.165) is 21.8 Å². The third-order valence-electron chi connectivity index (χ3n) is 7.10. The fourth-order valence-corrected chi connectivity index (χ4v) is 6.43. The van der Waals surface area contributed by atoms with Crippen LogP contribution in [0, 0.1) is 0 Å². The van der Waals surface area contributed by atoms with Crippen LogP contribution in [0.5, 0.6) is 11.5 Å². The molecule has 2 N–H and O–H groups in total.